The smallest absolute Gasteiger partial charge is 0.254 e. The molecule has 2 heterocycles. The number of nitrogens with zero attached hydrogens (tertiary/aromatic N) is 3. The predicted molar refractivity (Wildman–Crippen MR) is 131 cm³/mol. The highest BCUT2D eigenvalue weighted by Gasteiger charge is 2.11. The highest BCUT2D eigenvalue weighted by atomic mass is 32.1. The van der Waals surface area contributed by atoms with Crippen LogP contribution in [-0.4, -0.2) is 41.2 Å². The van der Waals surface area contributed by atoms with E-state index in [9.17, 15) is 9.59 Å². The second-order valence-electron chi connectivity index (χ2n) is 7.42. The fraction of sp³-hybridized carbons (Fsp3) is 0.200. The molecule has 0 saturated carbocycles. The Labute approximate surface area is 200 Å². The van der Waals surface area contributed by atoms with E-state index in [2.05, 4.69) is 15.3 Å². The Balaban J connectivity index is 1.31. The Kier molecular flexibility index (Phi) is 7.34. The molecular formula is C25H24N4O4S. The minimum absolute atomic E-state index is 0.0884. The monoisotopic (exact) mass is 476 g/mol. The van der Waals surface area contributed by atoms with Crippen LogP contribution in [0.3, 0.4) is 0 Å². The molecule has 0 atom stereocenters. The fourth-order valence-corrected chi connectivity index (χ4v) is 4.23. The maximum absolute atomic E-state index is 12.4. The highest BCUT2D eigenvalue weighted by Crippen LogP contribution is 2.33. The van der Waals surface area contributed by atoms with Crippen LogP contribution in [0.4, 0.5) is 0 Å². The summed E-state index contributed by atoms with van der Waals surface area (Å²) >= 11 is 1.52. The quantitative estimate of drug-likeness (QED) is 0.398. The highest BCUT2D eigenvalue weighted by molar-refractivity contribution is 7.13. The van der Waals surface area contributed by atoms with Gasteiger partial charge in [0, 0.05) is 35.5 Å². The van der Waals surface area contributed by atoms with Crippen LogP contribution in [0.2, 0.25) is 0 Å². The van der Waals surface area contributed by atoms with Gasteiger partial charge in [-0.15, -0.1) is 11.3 Å². The Morgan fingerprint density at radius 1 is 1.03 bits per heavy atom. The van der Waals surface area contributed by atoms with Gasteiger partial charge < -0.3 is 14.8 Å². The molecule has 0 unspecified atom stereocenters. The van der Waals surface area contributed by atoms with Crippen molar-refractivity contribution in [2.75, 3.05) is 20.8 Å². The van der Waals surface area contributed by atoms with Crippen LogP contribution in [0.5, 0.6) is 11.5 Å². The molecule has 0 fully saturated rings. The van der Waals surface area contributed by atoms with Gasteiger partial charge in [-0.25, -0.2) is 9.97 Å². The molecule has 0 spiro atoms. The van der Waals surface area contributed by atoms with E-state index in [1.807, 2.05) is 53.9 Å². The van der Waals surface area contributed by atoms with E-state index in [1.54, 1.807) is 14.2 Å². The number of hydrogen-bond acceptors (Lipinski definition) is 7. The zero-order chi connectivity index (χ0) is 23.9. The maximum Gasteiger partial charge on any atom is 0.254 e. The molecule has 0 aliphatic rings. The molecule has 8 nitrogen and oxygen atoms in total. The Hall–Kier alpha value is -3.98. The third kappa shape index (κ3) is 5.49. The average molecular weight is 477 g/mol. The van der Waals surface area contributed by atoms with Crippen molar-refractivity contribution < 1.29 is 14.3 Å². The molecule has 2 aromatic carbocycles. The topological polar surface area (TPSA) is 95.3 Å². The minimum atomic E-state index is -0.275. The zero-order valence-corrected chi connectivity index (χ0v) is 19.7. The third-order valence-electron chi connectivity index (χ3n) is 5.15. The van der Waals surface area contributed by atoms with Crippen molar-refractivity contribution in [2.45, 2.75) is 13.0 Å². The van der Waals surface area contributed by atoms with Crippen molar-refractivity contribution in [2.24, 2.45) is 0 Å². The molecular weight excluding hydrogens is 452 g/mol. The third-order valence-corrected chi connectivity index (χ3v) is 6.09. The van der Waals surface area contributed by atoms with E-state index < -0.39 is 0 Å². The minimum Gasteiger partial charge on any atom is -0.493 e. The first-order valence-electron chi connectivity index (χ1n) is 10.6. The lowest BCUT2D eigenvalue weighted by Gasteiger charge is -2.08. The first-order valence-corrected chi connectivity index (χ1v) is 11.5. The number of methoxy groups -OCH3 is 2. The summed E-state index contributed by atoms with van der Waals surface area (Å²) in [6, 6.07) is 16.5. The van der Waals surface area contributed by atoms with E-state index in [-0.39, 0.29) is 18.0 Å². The largest absolute Gasteiger partial charge is 0.493 e. The average Bonchev–Trinajstić information content (AvgIpc) is 3.34. The first kappa shape index (κ1) is 23.2. The number of carbonyl (C=O) groups is 1. The van der Waals surface area contributed by atoms with Gasteiger partial charge in [-0.05, 0) is 18.2 Å². The van der Waals surface area contributed by atoms with Gasteiger partial charge in [0.2, 0.25) is 5.91 Å². The first-order chi connectivity index (χ1) is 16.6. The molecule has 0 radical (unpaired) electrons. The zero-order valence-electron chi connectivity index (χ0n) is 18.9. The molecule has 4 aromatic rings. The Morgan fingerprint density at radius 3 is 2.56 bits per heavy atom. The molecule has 174 valence electrons. The lowest BCUT2D eigenvalue weighted by molar-refractivity contribution is -0.121. The van der Waals surface area contributed by atoms with E-state index in [0.717, 1.165) is 21.8 Å². The predicted octanol–water partition coefficient (Wildman–Crippen LogP) is 3.41. The van der Waals surface area contributed by atoms with Gasteiger partial charge in [0.15, 0.2) is 11.5 Å². The van der Waals surface area contributed by atoms with Crippen LogP contribution < -0.4 is 20.3 Å². The molecule has 0 aliphatic carbocycles. The number of thiazole rings is 1. The van der Waals surface area contributed by atoms with Crippen molar-refractivity contribution in [1.82, 2.24) is 19.9 Å². The van der Waals surface area contributed by atoms with Crippen molar-refractivity contribution in [3.63, 3.8) is 0 Å². The SMILES string of the molecule is COc1ccc(-c2nc(CCNC(=O)Cn3cnc(-c4ccccc4)cc3=O)cs2)cc1OC. The van der Waals surface area contributed by atoms with Crippen molar-refractivity contribution >= 4 is 17.2 Å². The summed E-state index contributed by atoms with van der Waals surface area (Å²) in [5.74, 6) is 1.05. The molecule has 0 bridgehead atoms. The summed E-state index contributed by atoms with van der Waals surface area (Å²) in [7, 11) is 3.19. The van der Waals surface area contributed by atoms with E-state index in [4.69, 9.17) is 9.47 Å². The summed E-state index contributed by atoms with van der Waals surface area (Å²) in [5, 5.41) is 5.66. The molecule has 4 rings (SSSR count). The summed E-state index contributed by atoms with van der Waals surface area (Å²) in [5.41, 5.74) is 2.97. The lowest BCUT2D eigenvalue weighted by atomic mass is 10.1. The number of ether oxygens (including phenoxy) is 2. The van der Waals surface area contributed by atoms with Crippen molar-refractivity contribution in [3.8, 4) is 33.3 Å². The van der Waals surface area contributed by atoms with Gasteiger partial charge in [-0.2, -0.15) is 0 Å². The Morgan fingerprint density at radius 2 is 1.82 bits per heavy atom. The van der Waals surface area contributed by atoms with Crippen LogP contribution in [0.25, 0.3) is 21.8 Å². The number of carbonyl (C=O) groups excluding carboxylic acids is 1. The molecule has 2 aromatic heterocycles. The summed E-state index contributed by atoms with van der Waals surface area (Å²) in [4.78, 5) is 33.7. The number of rotatable bonds is 9. The number of aromatic nitrogens is 3. The van der Waals surface area contributed by atoms with Crippen molar-refractivity contribution in [3.05, 3.63) is 82.4 Å². The molecule has 9 heteroatoms. The number of hydrogen-bond donors (Lipinski definition) is 1. The molecule has 34 heavy (non-hydrogen) atoms. The standard InChI is InChI=1S/C25H24N4O4S/c1-32-21-9-8-18(12-22(21)33-2)25-28-19(15-34-25)10-11-26-23(30)14-29-16-27-20(13-24(29)31)17-6-4-3-5-7-17/h3-9,12-13,15-16H,10-11,14H2,1-2H3,(H,26,30). The summed E-state index contributed by atoms with van der Waals surface area (Å²) < 4.78 is 11.9. The number of benzene rings is 2. The van der Waals surface area contributed by atoms with Gasteiger partial charge in [-0.3, -0.25) is 14.2 Å². The van der Waals surface area contributed by atoms with Crippen LogP contribution >= 0.6 is 11.3 Å². The van der Waals surface area contributed by atoms with Gasteiger partial charge in [-0.1, -0.05) is 30.3 Å². The molecule has 0 saturated heterocycles. The van der Waals surface area contributed by atoms with Crippen LogP contribution in [0.15, 0.2) is 71.1 Å². The molecule has 0 aliphatic heterocycles. The van der Waals surface area contributed by atoms with Crippen LogP contribution in [0, 0.1) is 0 Å². The van der Waals surface area contributed by atoms with Crippen LogP contribution in [-0.2, 0) is 17.8 Å². The lowest BCUT2D eigenvalue weighted by Crippen LogP contribution is -2.33. The van der Waals surface area contributed by atoms with E-state index >= 15 is 0 Å². The normalized spacial score (nSPS) is 10.6. The second kappa shape index (κ2) is 10.8. The van der Waals surface area contributed by atoms with Gasteiger partial charge in [0.1, 0.15) is 11.6 Å². The summed E-state index contributed by atoms with van der Waals surface area (Å²) in [6.45, 7) is 0.326. The second-order valence-corrected chi connectivity index (χ2v) is 8.28. The maximum atomic E-state index is 12.4. The van der Waals surface area contributed by atoms with Gasteiger partial charge in [0.05, 0.1) is 31.9 Å². The van der Waals surface area contributed by atoms with Crippen LogP contribution in [0.1, 0.15) is 5.69 Å². The molecule has 1 N–H and O–H groups in total. The Bertz CT molecular complexity index is 1330. The van der Waals surface area contributed by atoms with Crippen molar-refractivity contribution in [1.29, 1.82) is 0 Å². The summed E-state index contributed by atoms with van der Waals surface area (Å²) in [6.07, 6.45) is 1.98. The van der Waals surface area contributed by atoms with E-state index in [1.165, 1.54) is 28.3 Å². The number of amides is 1. The fourth-order valence-electron chi connectivity index (χ4n) is 3.38. The van der Waals surface area contributed by atoms with E-state index in [0.29, 0.717) is 30.2 Å². The van der Waals surface area contributed by atoms with Gasteiger partial charge in [0.25, 0.3) is 5.56 Å². The van der Waals surface area contributed by atoms with Gasteiger partial charge >= 0.3 is 0 Å². The molecule has 1 amide bonds. The number of nitrogens with one attached hydrogen (secondary N) is 1.